The lowest BCUT2D eigenvalue weighted by Gasteiger charge is -2.29. The molecular weight excluding hydrogens is 272 g/mol. The number of carbonyl (C=O) groups is 1. The number of rotatable bonds is 1. The average molecular weight is 286 g/mol. The molecule has 3 N–H and O–H groups in total. The number of carbonyl (C=O) groups excluding carboxylic acids is 1. The van der Waals surface area contributed by atoms with E-state index in [1.807, 2.05) is 24.3 Å². The molecule has 0 aliphatic carbocycles. The number of anilines is 2. The zero-order valence-corrected chi connectivity index (χ0v) is 11.6. The molecule has 0 fully saturated rings. The van der Waals surface area contributed by atoms with Gasteiger partial charge in [0.1, 0.15) is 5.75 Å². The lowest BCUT2D eigenvalue weighted by molar-refractivity contribution is 0.0987. The Balaban J connectivity index is 1.97. The van der Waals surface area contributed by atoms with Crippen LogP contribution in [0.3, 0.4) is 0 Å². The Morgan fingerprint density at radius 2 is 2.05 bits per heavy atom. The molecule has 20 heavy (non-hydrogen) atoms. The summed E-state index contributed by atoms with van der Waals surface area (Å²) in [6.45, 7) is 0.658. The summed E-state index contributed by atoms with van der Waals surface area (Å²) in [5, 5.41) is 9.64. The lowest BCUT2D eigenvalue weighted by Crippen LogP contribution is -2.35. The van der Waals surface area contributed by atoms with Crippen molar-refractivity contribution in [1.82, 2.24) is 0 Å². The normalized spacial score (nSPS) is 13.9. The maximum Gasteiger partial charge on any atom is 0.258 e. The molecule has 1 aliphatic heterocycles. The first-order chi connectivity index (χ1) is 9.66. The zero-order valence-electron chi connectivity index (χ0n) is 10.7. The molecule has 0 aromatic heterocycles. The quantitative estimate of drug-likeness (QED) is 0.625. The van der Waals surface area contributed by atoms with Gasteiger partial charge in [-0.3, -0.25) is 4.79 Å². The molecule has 102 valence electrons. The van der Waals surface area contributed by atoms with Gasteiger partial charge in [0.15, 0.2) is 0 Å². The Morgan fingerprint density at radius 1 is 1.25 bits per heavy atom. The number of fused-ring (bicyclic) bond motifs is 1. The number of phenolic OH excluding ortho intramolecular Hbond substituents is 1. The summed E-state index contributed by atoms with van der Waals surface area (Å²) in [6, 6.07) is 12.5. The molecule has 0 spiro atoms. The van der Waals surface area contributed by atoms with Gasteiger partial charge in [-0.1, -0.05) is 12.1 Å². The van der Waals surface area contributed by atoms with Crippen LogP contribution < -0.4 is 10.6 Å². The molecule has 2 aromatic rings. The van der Waals surface area contributed by atoms with E-state index in [1.165, 1.54) is 6.07 Å². The Morgan fingerprint density at radius 3 is 2.85 bits per heavy atom. The van der Waals surface area contributed by atoms with Crippen LogP contribution in [0.4, 0.5) is 11.4 Å². The third-order valence-corrected chi connectivity index (χ3v) is 4.29. The fraction of sp³-hybridized carbons (Fsp3) is 0.133. The van der Waals surface area contributed by atoms with Gasteiger partial charge in [0.05, 0.1) is 11.4 Å². The van der Waals surface area contributed by atoms with Crippen LogP contribution in [-0.2, 0) is 0 Å². The van der Waals surface area contributed by atoms with E-state index in [1.54, 1.807) is 28.8 Å². The fourth-order valence-corrected chi connectivity index (χ4v) is 3.21. The van der Waals surface area contributed by atoms with Crippen molar-refractivity contribution >= 4 is 29.0 Å². The minimum atomic E-state index is -0.118. The van der Waals surface area contributed by atoms with E-state index in [2.05, 4.69) is 0 Å². The van der Waals surface area contributed by atoms with Crippen molar-refractivity contribution in [3.05, 3.63) is 48.0 Å². The Bertz CT molecular complexity index is 673. The smallest absolute Gasteiger partial charge is 0.258 e. The average Bonchev–Trinajstić information content (AvgIpc) is 2.49. The molecule has 0 unspecified atom stereocenters. The molecule has 1 amide bonds. The van der Waals surface area contributed by atoms with Crippen molar-refractivity contribution < 1.29 is 9.90 Å². The molecule has 3 rings (SSSR count). The molecule has 0 bridgehead atoms. The van der Waals surface area contributed by atoms with Crippen molar-refractivity contribution in [1.29, 1.82) is 0 Å². The maximum atomic E-state index is 12.6. The van der Waals surface area contributed by atoms with Crippen molar-refractivity contribution in [3.63, 3.8) is 0 Å². The second-order valence-corrected chi connectivity index (χ2v) is 5.68. The van der Waals surface area contributed by atoms with Gasteiger partial charge in [0.2, 0.25) is 0 Å². The number of nitrogens with zero attached hydrogens (tertiary/aromatic N) is 1. The van der Waals surface area contributed by atoms with Crippen LogP contribution in [-0.4, -0.2) is 23.3 Å². The van der Waals surface area contributed by atoms with Gasteiger partial charge in [-0.2, -0.15) is 0 Å². The number of phenols is 1. The van der Waals surface area contributed by atoms with Gasteiger partial charge in [0, 0.05) is 22.8 Å². The number of amides is 1. The summed E-state index contributed by atoms with van der Waals surface area (Å²) in [7, 11) is 0. The fourth-order valence-electron chi connectivity index (χ4n) is 2.21. The molecule has 0 saturated heterocycles. The van der Waals surface area contributed by atoms with Gasteiger partial charge < -0.3 is 15.7 Å². The molecule has 0 saturated carbocycles. The molecule has 5 heteroatoms. The number of hydrogen-bond acceptors (Lipinski definition) is 4. The topological polar surface area (TPSA) is 66.6 Å². The minimum Gasteiger partial charge on any atom is -0.506 e. The highest BCUT2D eigenvalue weighted by molar-refractivity contribution is 7.99. The highest BCUT2D eigenvalue weighted by atomic mass is 32.2. The van der Waals surface area contributed by atoms with Crippen molar-refractivity contribution in [2.24, 2.45) is 0 Å². The van der Waals surface area contributed by atoms with Crippen LogP contribution in [0.2, 0.25) is 0 Å². The van der Waals surface area contributed by atoms with E-state index >= 15 is 0 Å². The first kappa shape index (κ1) is 12.9. The van der Waals surface area contributed by atoms with Crippen LogP contribution in [0.25, 0.3) is 0 Å². The predicted octanol–water partition coefficient (Wildman–Crippen LogP) is 2.73. The summed E-state index contributed by atoms with van der Waals surface area (Å²) in [4.78, 5) is 15.4. The highest BCUT2D eigenvalue weighted by Crippen LogP contribution is 2.35. The maximum absolute atomic E-state index is 12.6. The van der Waals surface area contributed by atoms with Gasteiger partial charge in [-0.15, -0.1) is 11.8 Å². The Hall–Kier alpha value is -2.14. The molecule has 1 aliphatic rings. The Labute approximate surface area is 121 Å². The first-order valence-electron chi connectivity index (χ1n) is 6.29. The van der Waals surface area contributed by atoms with Crippen molar-refractivity contribution in [3.8, 4) is 5.75 Å². The second kappa shape index (κ2) is 5.09. The van der Waals surface area contributed by atoms with Crippen LogP contribution in [0.1, 0.15) is 10.4 Å². The van der Waals surface area contributed by atoms with Gasteiger partial charge in [-0.25, -0.2) is 0 Å². The van der Waals surface area contributed by atoms with E-state index in [9.17, 15) is 9.90 Å². The molecule has 2 aromatic carbocycles. The number of hydrogen-bond donors (Lipinski definition) is 2. The van der Waals surface area contributed by atoms with Crippen molar-refractivity contribution in [2.45, 2.75) is 4.90 Å². The van der Waals surface area contributed by atoms with E-state index in [-0.39, 0.29) is 17.3 Å². The van der Waals surface area contributed by atoms with Crippen LogP contribution in [0, 0.1) is 0 Å². The second-order valence-electron chi connectivity index (χ2n) is 4.55. The minimum absolute atomic E-state index is 0.0597. The number of nitrogens with two attached hydrogens (primary N) is 1. The third-order valence-electron chi connectivity index (χ3n) is 3.25. The monoisotopic (exact) mass is 286 g/mol. The van der Waals surface area contributed by atoms with Gasteiger partial charge >= 0.3 is 0 Å². The largest absolute Gasteiger partial charge is 0.506 e. The number of benzene rings is 2. The summed E-state index contributed by atoms with van der Waals surface area (Å²) >= 11 is 1.75. The standard InChI is InChI=1S/C15H14N2O2S/c16-11-6-5-10(9-13(11)18)15(19)17-7-8-20-14-4-2-1-3-12(14)17/h1-6,9,18H,7-8,16H2. The molecule has 1 heterocycles. The number of para-hydroxylation sites is 1. The van der Waals surface area contributed by atoms with E-state index in [0.29, 0.717) is 12.1 Å². The van der Waals surface area contributed by atoms with Gasteiger partial charge in [-0.05, 0) is 30.3 Å². The predicted molar refractivity (Wildman–Crippen MR) is 81.4 cm³/mol. The molecule has 0 atom stereocenters. The number of aromatic hydroxyl groups is 1. The third kappa shape index (κ3) is 2.20. The van der Waals surface area contributed by atoms with E-state index in [0.717, 1.165) is 16.3 Å². The van der Waals surface area contributed by atoms with E-state index in [4.69, 9.17) is 5.73 Å². The Kier molecular flexibility index (Phi) is 3.28. The van der Waals surface area contributed by atoms with Crippen molar-refractivity contribution in [2.75, 3.05) is 22.9 Å². The van der Waals surface area contributed by atoms with Crippen LogP contribution >= 0.6 is 11.8 Å². The summed E-state index contributed by atoms with van der Waals surface area (Å²) in [6.07, 6.45) is 0. The molecule has 4 nitrogen and oxygen atoms in total. The molecule has 0 radical (unpaired) electrons. The lowest BCUT2D eigenvalue weighted by atomic mass is 10.1. The first-order valence-corrected chi connectivity index (χ1v) is 7.27. The summed E-state index contributed by atoms with van der Waals surface area (Å²) in [5.41, 5.74) is 7.20. The number of thioether (sulfide) groups is 1. The van der Waals surface area contributed by atoms with Crippen LogP contribution in [0.5, 0.6) is 5.75 Å². The van der Waals surface area contributed by atoms with Crippen LogP contribution in [0.15, 0.2) is 47.4 Å². The highest BCUT2D eigenvalue weighted by Gasteiger charge is 2.24. The summed E-state index contributed by atoms with van der Waals surface area (Å²) in [5.74, 6) is 0.688. The number of nitrogen functional groups attached to an aromatic ring is 1. The summed E-state index contributed by atoms with van der Waals surface area (Å²) < 4.78 is 0. The van der Waals surface area contributed by atoms with E-state index < -0.39 is 0 Å². The molecular formula is C15H14N2O2S. The SMILES string of the molecule is Nc1ccc(C(=O)N2CCSc3ccccc32)cc1O. The zero-order chi connectivity index (χ0) is 14.1. The van der Waals surface area contributed by atoms with Gasteiger partial charge in [0.25, 0.3) is 5.91 Å².